The van der Waals surface area contributed by atoms with E-state index in [4.69, 9.17) is 10.2 Å². The van der Waals surface area contributed by atoms with Crippen LogP contribution in [0, 0.1) is 0 Å². The lowest BCUT2D eigenvalue weighted by atomic mass is 10.1. The van der Waals surface area contributed by atoms with Crippen LogP contribution in [0.2, 0.25) is 0 Å². The van der Waals surface area contributed by atoms with E-state index in [2.05, 4.69) is 10.3 Å². The number of amides is 1. The standard InChI is InChI=1S/C19H19N3O2/c20-15(10-12-4-2-1-3-5-12)18(23)21-14-8-9-17-16(11-14)22-19(24-17)13-6-7-13/h1-5,8-9,11,13,15H,6-7,10,20H2,(H,21,23)/t15-/m0/s1. The lowest BCUT2D eigenvalue weighted by Gasteiger charge is -2.12. The van der Waals surface area contributed by atoms with Gasteiger partial charge in [-0.05, 0) is 43.0 Å². The van der Waals surface area contributed by atoms with Gasteiger partial charge in [0.2, 0.25) is 5.91 Å². The summed E-state index contributed by atoms with van der Waals surface area (Å²) in [6.07, 6.45) is 2.79. The first-order chi connectivity index (χ1) is 11.7. The van der Waals surface area contributed by atoms with Crippen molar-refractivity contribution in [1.82, 2.24) is 4.98 Å². The largest absolute Gasteiger partial charge is 0.440 e. The molecule has 0 saturated heterocycles. The van der Waals surface area contributed by atoms with E-state index in [1.165, 1.54) is 0 Å². The van der Waals surface area contributed by atoms with Crippen LogP contribution in [0.5, 0.6) is 0 Å². The average molecular weight is 321 g/mol. The summed E-state index contributed by atoms with van der Waals surface area (Å²) in [5.41, 5.74) is 9.27. The number of benzene rings is 2. The molecule has 3 N–H and O–H groups in total. The molecule has 24 heavy (non-hydrogen) atoms. The van der Waals surface area contributed by atoms with Gasteiger partial charge in [-0.3, -0.25) is 4.79 Å². The zero-order chi connectivity index (χ0) is 16.5. The first kappa shape index (κ1) is 14.9. The molecule has 0 aliphatic heterocycles. The predicted octanol–water partition coefficient (Wildman–Crippen LogP) is 3.21. The average Bonchev–Trinajstić information content (AvgIpc) is 3.35. The number of carbonyl (C=O) groups excluding carboxylic acids is 1. The Morgan fingerprint density at radius 1 is 1.25 bits per heavy atom. The van der Waals surface area contributed by atoms with Crippen molar-refractivity contribution in [3.8, 4) is 0 Å². The number of nitrogens with zero attached hydrogens (tertiary/aromatic N) is 1. The van der Waals surface area contributed by atoms with E-state index < -0.39 is 6.04 Å². The van der Waals surface area contributed by atoms with Crippen LogP contribution in [-0.2, 0) is 11.2 Å². The third-order valence-electron chi connectivity index (χ3n) is 4.23. The van der Waals surface area contributed by atoms with Crippen molar-refractivity contribution in [3.63, 3.8) is 0 Å². The second-order valence-electron chi connectivity index (χ2n) is 6.29. The maximum absolute atomic E-state index is 12.3. The number of oxazole rings is 1. The number of nitrogens with one attached hydrogen (secondary N) is 1. The molecule has 0 unspecified atom stereocenters. The highest BCUT2D eigenvalue weighted by Gasteiger charge is 2.28. The van der Waals surface area contributed by atoms with E-state index in [1.54, 1.807) is 0 Å². The molecule has 0 bridgehead atoms. The smallest absolute Gasteiger partial charge is 0.241 e. The summed E-state index contributed by atoms with van der Waals surface area (Å²) < 4.78 is 5.73. The van der Waals surface area contributed by atoms with Crippen LogP contribution < -0.4 is 11.1 Å². The fourth-order valence-corrected chi connectivity index (χ4v) is 2.72. The highest BCUT2D eigenvalue weighted by Crippen LogP contribution is 2.40. The highest BCUT2D eigenvalue weighted by molar-refractivity contribution is 5.96. The monoisotopic (exact) mass is 321 g/mol. The molecule has 1 aliphatic rings. The Kier molecular flexibility index (Phi) is 3.78. The van der Waals surface area contributed by atoms with Gasteiger partial charge in [-0.1, -0.05) is 30.3 Å². The maximum Gasteiger partial charge on any atom is 0.241 e. The fraction of sp³-hybridized carbons (Fsp3) is 0.263. The van der Waals surface area contributed by atoms with Gasteiger partial charge in [0.05, 0.1) is 6.04 Å². The van der Waals surface area contributed by atoms with E-state index in [1.807, 2.05) is 48.5 Å². The number of hydrogen-bond acceptors (Lipinski definition) is 4. The van der Waals surface area contributed by atoms with Crippen molar-refractivity contribution in [2.45, 2.75) is 31.2 Å². The molecule has 1 aromatic heterocycles. The van der Waals surface area contributed by atoms with E-state index in [9.17, 15) is 4.79 Å². The molecule has 5 heteroatoms. The lowest BCUT2D eigenvalue weighted by Crippen LogP contribution is -2.37. The van der Waals surface area contributed by atoms with E-state index >= 15 is 0 Å². The van der Waals surface area contributed by atoms with Crippen molar-refractivity contribution in [3.05, 3.63) is 60.0 Å². The van der Waals surface area contributed by atoms with Crippen LogP contribution >= 0.6 is 0 Å². The van der Waals surface area contributed by atoms with Crippen LogP contribution in [0.1, 0.15) is 30.2 Å². The summed E-state index contributed by atoms with van der Waals surface area (Å²) in [6, 6.07) is 14.6. The fourth-order valence-electron chi connectivity index (χ4n) is 2.72. The van der Waals surface area contributed by atoms with Gasteiger partial charge in [0.15, 0.2) is 11.5 Å². The molecular formula is C19H19N3O2. The zero-order valence-electron chi connectivity index (χ0n) is 13.2. The van der Waals surface area contributed by atoms with Gasteiger partial charge in [0.1, 0.15) is 5.52 Å². The second-order valence-corrected chi connectivity index (χ2v) is 6.29. The molecule has 5 nitrogen and oxygen atoms in total. The quantitative estimate of drug-likeness (QED) is 0.756. The Morgan fingerprint density at radius 3 is 2.79 bits per heavy atom. The Balaban J connectivity index is 1.45. The molecule has 0 spiro atoms. The van der Waals surface area contributed by atoms with Gasteiger partial charge >= 0.3 is 0 Å². The normalized spacial score (nSPS) is 15.4. The van der Waals surface area contributed by atoms with Gasteiger partial charge in [-0.15, -0.1) is 0 Å². The Labute approximate surface area is 139 Å². The van der Waals surface area contributed by atoms with E-state index in [-0.39, 0.29) is 5.91 Å². The van der Waals surface area contributed by atoms with Gasteiger partial charge in [-0.25, -0.2) is 4.98 Å². The van der Waals surface area contributed by atoms with Crippen molar-refractivity contribution >= 4 is 22.7 Å². The summed E-state index contributed by atoms with van der Waals surface area (Å²) in [7, 11) is 0. The van der Waals surface area contributed by atoms with Crippen LogP contribution in [0.25, 0.3) is 11.1 Å². The molecule has 4 rings (SSSR count). The molecule has 0 radical (unpaired) electrons. The number of carbonyl (C=O) groups is 1. The number of nitrogens with two attached hydrogens (primary N) is 1. The minimum absolute atomic E-state index is 0.205. The highest BCUT2D eigenvalue weighted by atomic mass is 16.3. The summed E-state index contributed by atoms with van der Waals surface area (Å²) in [6.45, 7) is 0. The molecule has 1 atom stereocenters. The summed E-state index contributed by atoms with van der Waals surface area (Å²) in [5.74, 6) is 1.06. The molecule has 122 valence electrons. The number of anilines is 1. The number of rotatable bonds is 5. The Hall–Kier alpha value is -2.66. The minimum atomic E-state index is -0.595. The minimum Gasteiger partial charge on any atom is -0.440 e. The van der Waals surface area contributed by atoms with Crippen molar-refractivity contribution in [2.75, 3.05) is 5.32 Å². The molecule has 3 aromatic rings. The summed E-state index contributed by atoms with van der Waals surface area (Å²) in [4.78, 5) is 16.8. The third-order valence-corrected chi connectivity index (χ3v) is 4.23. The van der Waals surface area contributed by atoms with Crippen LogP contribution in [0.4, 0.5) is 5.69 Å². The van der Waals surface area contributed by atoms with Crippen LogP contribution in [0.15, 0.2) is 52.9 Å². The molecule has 1 saturated carbocycles. The van der Waals surface area contributed by atoms with E-state index in [0.717, 1.165) is 35.4 Å². The van der Waals surface area contributed by atoms with Crippen molar-refractivity contribution in [1.29, 1.82) is 0 Å². The topological polar surface area (TPSA) is 81.2 Å². The molecule has 1 heterocycles. The first-order valence-electron chi connectivity index (χ1n) is 8.20. The van der Waals surface area contributed by atoms with Crippen molar-refractivity contribution < 1.29 is 9.21 Å². The Morgan fingerprint density at radius 2 is 2.04 bits per heavy atom. The zero-order valence-corrected chi connectivity index (χ0v) is 13.2. The molecule has 1 aliphatic carbocycles. The van der Waals surface area contributed by atoms with Crippen molar-refractivity contribution in [2.24, 2.45) is 5.73 Å². The first-order valence-corrected chi connectivity index (χ1v) is 8.20. The summed E-state index contributed by atoms with van der Waals surface area (Å²) in [5, 5.41) is 2.86. The third kappa shape index (κ3) is 3.16. The van der Waals surface area contributed by atoms with Gasteiger partial charge < -0.3 is 15.5 Å². The molecule has 2 aromatic carbocycles. The van der Waals surface area contributed by atoms with Crippen LogP contribution in [0.3, 0.4) is 0 Å². The van der Waals surface area contributed by atoms with Gasteiger partial charge in [0.25, 0.3) is 0 Å². The van der Waals surface area contributed by atoms with Crippen LogP contribution in [-0.4, -0.2) is 16.9 Å². The number of aromatic nitrogens is 1. The second kappa shape index (κ2) is 6.09. The molecule has 1 amide bonds. The Bertz CT molecular complexity index is 869. The lowest BCUT2D eigenvalue weighted by molar-refractivity contribution is -0.117. The molecule has 1 fully saturated rings. The summed E-state index contributed by atoms with van der Waals surface area (Å²) >= 11 is 0. The van der Waals surface area contributed by atoms with Gasteiger partial charge in [0, 0.05) is 11.6 Å². The van der Waals surface area contributed by atoms with Gasteiger partial charge in [-0.2, -0.15) is 0 Å². The molecular weight excluding hydrogens is 302 g/mol. The maximum atomic E-state index is 12.3. The number of fused-ring (bicyclic) bond motifs is 1. The predicted molar refractivity (Wildman–Crippen MR) is 92.7 cm³/mol. The van der Waals surface area contributed by atoms with E-state index in [0.29, 0.717) is 18.0 Å². The number of hydrogen-bond donors (Lipinski definition) is 2. The SMILES string of the molecule is N[C@@H](Cc1ccccc1)C(=O)Nc1ccc2oc(C3CC3)nc2c1.